The minimum atomic E-state index is -0.950. The smallest absolute Gasteiger partial charge is 0.307 e. The van der Waals surface area contributed by atoms with Crippen LogP contribution in [0.2, 0.25) is 0 Å². The molecule has 0 saturated heterocycles. The highest BCUT2D eigenvalue weighted by atomic mass is 19.2. The van der Waals surface area contributed by atoms with Gasteiger partial charge in [-0.1, -0.05) is 19.1 Å². The van der Waals surface area contributed by atoms with Crippen LogP contribution in [0, 0.1) is 11.6 Å². The van der Waals surface area contributed by atoms with Gasteiger partial charge in [-0.3, -0.25) is 4.79 Å². The molecule has 0 aliphatic rings. The summed E-state index contributed by atoms with van der Waals surface area (Å²) in [5.74, 6) is -2.78. The van der Waals surface area contributed by atoms with Crippen LogP contribution in [0.3, 0.4) is 0 Å². The summed E-state index contributed by atoms with van der Waals surface area (Å²) < 4.78 is 25.6. The Balaban J connectivity index is 2.99. The summed E-state index contributed by atoms with van der Waals surface area (Å²) in [6.45, 7) is 1.83. The van der Waals surface area contributed by atoms with Crippen LogP contribution in [-0.2, 0) is 4.79 Å². The minimum Gasteiger partial charge on any atom is -0.481 e. The van der Waals surface area contributed by atoms with Crippen molar-refractivity contribution in [2.75, 3.05) is 0 Å². The molecule has 0 bridgehead atoms. The van der Waals surface area contributed by atoms with Crippen molar-refractivity contribution < 1.29 is 18.7 Å². The minimum absolute atomic E-state index is 0.123. The Morgan fingerprint density at radius 1 is 1.38 bits per heavy atom. The van der Waals surface area contributed by atoms with Gasteiger partial charge in [-0.2, -0.15) is 0 Å². The molecule has 4 heteroatoms. The van der Waals surface area contributed by atoms with E-state index in [1.807, 2.05) is 6.92 Å². The molecule has 1 rings (SSSR count). The zero-order chi connectivity index (χ0) is 12.1. The van der Waals surface area contributed by atoms with E-state index in [1.54, 1.807) is 0 Å². The number of aliphatic carboxylic acids is 1. The summed E-state index contributed by atoms with van der Waals surface area (Å²) >= 11 is 0. The molecular formula is C12H12F2O2. The van der Waals surface area contributed by atoms with Crippen LogP contribution in [0.1, 0.15) is 25.3 Å². The maximum atomic E-state index is 13.0. The van der Waals surface area contributed by atoms with Crippen molar-refractivity contribution in [2.24, 2.45) is 0 Å². The fourth-order valence-corrected chi connectivity index (χ4v) is 1.37. The number of carboxylic acids is 1. The van der Waals surface area contributed by atoms with Gasteiger partial charge in [0.2, 0.25) is 0 Å². The summed E-state index contributed by atoms with van der Waals surface area (Å²) in [6.07, 6.45) is 1.95. The van der Waals surface area contributed by atoms with E-state index in [-0.39, 0.29) is 6.42 Å². The number of benzene rings is 1. The van der Waals surface area contributed by atoms with E-state index in [0.717, 1.165) is 12.1 Å². The first-order chi connectivity index (χ1) is 7.54. The summed E-state index contributed by atoms with van der Waals surface area (Å²) in [5, 5.41) is 8.52. The second kappa shape index (κ2) is 5.39. The Morgan fingerprint density at radius 3 is 2.56 bits per heavy atom. The van der Waals surface area contributed by atoms with E-state index in [1.165, 1.54) is 12.1 Å². The zero-order valence-electron chi connectivity index (χ0n) is 8.84. The van der Waals surface area contributed by atoms with Crippen molar-refractivity contribution in [3.63, 3.8) is 0 Å². The Morgan fingerprint density at radius 2 is 2.06 bits per heavy atom. The highest BCUT2D eigenvalue weighted by molar-refractivity contribution is 5.74. The van der Waals surface area contributed by atoms with E-state index < -0.39 is 17.6 Å². The van der Waals surface area contributed by atoms with Gasteiger partial charge in [-0.05, 0) is 29.7 Å². The average Bonchev–Trinajstić information content (AvgIpc) is 2.23. The molecule has 1 aromatic carbocycles. The summed E-state index contributed by atoms with van der Waals surface area (Å²) in [5.41, 5.74) is 1.21. The lowest BCUT2D eigenvalue weighted by Gasteiger charge is -2.05. The molecule has 0 aliphatic heterocycles. The molecule has 16 heavy (non-hydrogen) atoms. The van der Waals surface area contributed by atoms with Gasteiger partial charge in [0, 0.05) is 0 Å². The van der Waals surface area contributed by atoms with Crippen LogP contribution in [-0.4, -0.2) is 11.1 Å². The van der Waals surface area contributed by atoms with Crippen LogP contribution in [0.4, 0.5) is 8.78 Å². The van der Waals surface area contributed by atoms with Crippen LogP contribution >= 0.6 is 0 Å². The molecule has 0 radical (unpaired) electrons. The van der Waals surface area contributed by atoms with Crippen LogP contribution in [0.15, 0.2) is 24.3 Å². The zero-order valence-corrected chi connectivity index (χ0v) is 8.84. The van der Waals surface area contributed by atoms with Gasteiger partial charge >= 0.3 is 5.97 Å². The molecule has 1 aromatic rings. The lowest BCUT2D eigenvalue weighted by molar-refractivity contribution is -0.135. The van der Waals surface area contributed by atoms with Gasteiger partial charge < -0.3 is 5.11 Å². The number of rotatable bonds is 4. The van der Waals surface area contributed by atoms with E-state index in [4.69, 9.17) is 5.11 Å². The first-order valence-corrected chi connectivity index (χ1v) is 4.90. The number of halogens is 2. The van der Waals surface area contributed by atoms with Crippen molar-refractivity contribution in [1.82, 2.24) is 0 Å². The first-order valence-electron chi connectivity index (χ1n) is 4.90. The fraction of sp³-hybridized carbons (Fsp3) is 0.250. The highest BCUT2D eigenvalue weighted by Crippen LogP contribution is 2.20. The number of allylic oxidation sites excluding steroid dienone is 1. The monoisotopic (exact) mass is 226 g/mol. The third-order valence-electron chi connectivity index (χ3n) is 2.19. The molecule has 0 saturated carbocycles. The van der Waals surface area contributed by atoms with E-state index >= 15 is 0 Å². The highest BCUT2D eigenvalue weighted by Gasteiger charge is 2.06. The van der Waals surface area contributed by atoms with E-state index in [0.29, 0.717) is 17.6 Å². The van der Waals surface area contributed by atoms with Crippen LogP contribution < -0.4 is 0 Å². The van der Waals surface area contributed by atoms with Crippen molar-refractivity contribution in [3.05, 3.63) is 41.5 Å². The predicted molar refractivity (Wildman–Crippen MR) is 56.9 cm³/mol. The molecular weight excluding hydrogens is 214 g/mol. The Hall–Kier alpha value is -1.71. The van der Waals surface area contributed by atoms with Gasteiger partial charge in [-0.25, -0.2) is 8.78 Å². The Kier molecular flexibility index (Phi) is 4.17. The maximum absolute atomic E-state index is 13.0. The quantitative estimate of drug-likeness (QED) is 0.855. The lowest BCUT2D eigenvalue weighted by atomic mass is 10.0. The fourth-order valence-electron chi connectivity index (χ4n) is 1.37. The van der Waals surface area contributed by atoms with Crippen molar-refractivity contribution in [1.29, 1.82) is 0 Å². The number of carbonyl (C=O) groups is 1. The van der Waals surface area contributed by atoms with Gasteiger partial charge in [0.1, 0.15) is 0 Å². The molecule has 0 unspecified atom stereocenters. The summed E-state index contributed by atoms with van der Waals surface area (Å²) in [4.78, 5) is 10.4. The Labute approximate surface area is 92.2 Å². The van der Waals surface area contributed by atoms with Crippen LogP contribution in [0.5, 0.6) is 0 Å². The van der Waals surface area contributed by atoms with Crippen molar-refractivity contribution >= 4 is 11.5 Å². The van der Waals surface area contributed by atoms with E-state index in [2.05, 4.69) is 0 Å². The SMILES string of the molecule is CC/C(=C\CC(=O)O)c1ccc(F)c(F)c1. The van der Waals surface area contributed by atoms with Gasteiger partial charge in [0.25, 0.3) is 0 Å². The second-order valence-electron chi connectivity index (χ2n) is 3.31. The maximum Gasteiger partial charge on any atom is 0.307 e. The average molecular weight is 226 g/mol. The standard InChI is InChI=1S/C12H12F2O2/c1-2-8(4-6-12(15)16)9-3-5-10(13)11(14)7-9/h3-5,7H,2,6H2,1H3,(H,15,16)/b8-4+. The number of carboxylic acid groups (broad SMARTS) is 1. The molecule has 0 heterocycles. The second-order valence-corrected chi connectivity index (χ2v) is 3.31. The molecule has 0 fully saturated rings. The topological polar surface area (TPSA) is 37.3 Å². The molecule has 0 aliphatic carbocycles. The summed E-state index contributed by atoms with van der Waals surface area (Å²) in [7, 11) is 0. The summed E-state index contributed by atoms with van der Waals surface area (Å²) in [6, 6.07) is 3.55. The van der Waals surface area contributed by atoms with Gasteiger partial charge in [-0.15, -0.1) is 0 Å². The molecule has 0 amide bonds. The van der Waals surface area contributed by atoms with Gasteiger partial charge in [0.15, 0.2) is 11.6 Å². The number of hydrogen-bond donors (Lipinski definition) is 1. The normalized spacial score (nSPS) is 11.6. The van der Waals surface area contributed by atoms with Crippen molar-refractivity contribution in [2.45, 2.75) is 19.8 Å². The van der Waals surface area contributed by atoms with E-state index in [9.17, 15) is 13.6 Å². The molecule has 2 nitrogen and oxygen atoms in total. The van der Waals surface area contributed by atoms with Crippen LogP contribution in [0.25, 0.3) is 5.57 Å². The number of hydrogen-bond acceptors (Lipinski definition) is 1. The molecule has 0 spiro atoms. The third-order valence-corrected chi connectivity index (χ3v) is 2.19. The molecule has 0 atom stereocenters. The molecule has 0 aromatic heterocycles. The first kappa shape index (κ1) is 12.4. The molecule has 1 N–H and O–H groups in total. The predicted octanol–water partition coefficient (Wildman–Crippen LogP) is 3.23. The third kappa shape index (κ3) is 3.15. The lowest BCUT2D eigenvalue weighted by Crippen LogP contribution is -1.93. The largest absolute Gasteiger partial charge is 0.481 e. The van der Waals surface area contributed by atoms with Crippen molar-refractivity contribution in [3.8, 4) is 0 Å². The molecule has 86 valence electrons. The Bertz CT molecular complexity index is 425. The van der Waals surface area contributed by atoms with Gasteiger partial charge in [0.05, 0.1) is 6.42 Å².